The van der Waals surface area contributed by atoms with Crippen molar-refractivity contribution in [3.63, 3.8) is 0 Å². The Morgan fingerprint density at radius 1 is 1.29 bits per heavy atom. The SMILES string of the molecule is Cc1ccc(N=C2NC(=O)/C(=C/c3cccc(OCCC(=O)O)c3)S2)c(O)c1. The molecule has 8 heteroatoms. The lowest BCUT2D eigenvalue weighted by Gasteiger charge is -2.05. The fraction of sp³-hybridized carbons (Fsp3) is 0.150. The number of hydrogen-bond acceptors (Lipinski definition) is 6. The first kappa shape index (κ1) is 19.5. The van der Waals surface area contributed by atoms with Crippen molar-refractivity contribution in [3.8, 4) is 11.5 Å². The van der Waals surface area contributed by atoms with Gasteiger partial charge in [-0.1, -0.05) is 18.2 Å². The average Bonchev–Trinajstić information content (AvgIpc) is 2.97. The van der Waals surface area contributed by atoms with Crippen LogP contribution in [0.15, 0.2) is 52.4 Å². The molecule has 0 unspecified atom stereocenters. The number of ether oxygens (including phenoxy) is 1. The Balaban J connectivity index is 1.73. The van der Waals surface area contributed by atoms with Crippen LogP contribution in [0.3, 0.4) is 0 Å². The number of phenols is 1. The molecule has 2 aromatic rings. The summed E-state index contributed by atoms with van der Waals surface area (Å²) in [6.07, 6.45) is 1.61. The van der Waals surface area contributed by atoms with E-state index in [9.17, 15) is 14.7 Å². The number of rotatable bonds is 6. The van der Waals surface area contributed by atoms with Crippen molar-refractivity contribution in [2.75, 3.05) is 6.61 Å². The highest BCUT2D eigenvalue weighted by molar-refractivity contribution is 8.18. The molecule has 0 aliphatic carbocycles. The maximum atomic E-state index is 12.2. The van der Waals surface area contributed by atoms with Crippen LogP contribution in [0.1, 0.15) is 17.5 Å². The number of carbonyl (C=O) groups is 2. The molecule has 3 rings (SSSR count). The van der Waals surface area contributed by atoms with Crippen molar-refractivity contribution >= 4 is 40.6 Å². The Kier molecular flexibility index (Phi) is 6.00. The summed E-state index contributed by atoms with van der Waals surface area (Å²) in [4.78, 5) is 27.5. The maximum Gasteiger partial charge on any atom is 0.306 e. The highest BCUT2D eigenvalue weighted by Gasteiger charge is 2.24. The second kappa shape index (κ2) is 8.62. The molecule has 0 saturated carbocycles. The van der Waals surface area contributed by atoms with Crippen molar-refractivity contribution in [2.24, 2.45) is 4.99 Å². The lowest BCUT2D eigenvalue weighted by atomic mass is 10.2. The predicted molar refractivity (Wildman–Crippen MR) is 108 cm³/mol. The van der Waals surface area contributed by atoms with E-state index in [1.165, 1.54) is 11.8 Å². The molecular weight excluding hydrogens is 380 g/mol. The summed E-state index contributed by atoms with van der Waals surface area (Å²) in [5.74, 6) is -0.639. The van der Waals surface area contributed by atoms with Crippen LogP contribution < -0.4 is 10.1 Å². The first-order valence-electron chi connectivity index (χ1n) is 8.44. The van der Waals surface area contributed by atoms with Gasteiger partial charge in [0, 0.05) is 0 Å². The summed E-state index contributed by atoms with van der Waals surface area (Å²) >= 11 is 1.17. The number of nitrogens with zero attached hydrogens (tertiary/aromatic N) is 1. The largest absolute Gasteiger partial charge is 0.506 e. The van der Waals surface area contributed by atoms with Crippen LogP contribution in [0.5, 0.6) is 11.5 Å². The second-order valence-corrected chi connectivity index (χ2v) is 7.07. The van der Waals surface area contributed by atoms with Gasteiger partial charge in [-0.3, -0.25) is 9.59 Å². The zero-order valence-electron chi connectivity index (χ0n) is 15.0. The number of aliphatic imine (C=N–C) groups is 1. The number of hydrogen-bond donors (Lipinski definition) is 3. The summed E-state index contributed by atoms with van der Waals surface area (Å²) in [6.45, 7) is 1.94. The number of aromatic hydroxyl groups is 1. The van der Waals surface area contributed by atoms with Crippen LogP contribution in [0.25, 0.3) is 6.08 Å². The lowest BCUT2D eigenvalue weighted by Crippen LogP contribution is -2.19. The summed E-state index contributed by atoms with van der Waals surface area (Å²) < 4.78 is 5.40. The third-order valence-corrected chi connectivity index (χ3v) is 4.65. The third-order valence-electron chi connectivity index (χ3n) is 3.74. The van der Waals surface area contributed by atoms with Crippen LogP contribution in [-0.4, -0.2) is 33.9 Å². The van der Waals surface area contributed by atoms with Gasteiger partial charge >= 0.3 is 5.97 Å². The number of amidine groups is 1. The Hall–Kier alpha value is -3.26. The van der Waals surface area contributed by atoms with E-state index in [1.54, 1.807) is 36.4 Å². The number of phenolic OH excluding ortho intramolecular Hbond substituents is 1. The van der Waals surface area contributed by atoms with Gasteiger partial charge in [0.15, 0.2) is 5.17 Å². The standard InChI is InChI=1S/C20H18N2O5S/c1-12-5-6-15(16(23)9-12)21-20-22-19(26)17(28-20)11-13-3-2-4-14(10-13)27-8-7-18(24)25/h2-6,9-11,23H,7-8H2,1H3,(H,24,25)(H,21,22,26)/b17-11-. The summed E-state index contributed by atoms with van der Waals surface area (Å²) in [5.41, 5.74) is 2.03. The summed E-state index contributed by atoms with van der Waals surface area (Å²) in [7, 11) is 0. The second-order valence-electron chi connectivity index (χ2n) is 6.04. The maximum absolute atomic E-state index is 12.2. The fourth-order valence-electron chi connectivity index (χ4n) is 2.42. The number of carboxylic acid groups (broad SMARTS) is 1. The number of aliphatic carboxylic acids is 1. The van der Waals surface area contributed by atoms with Crippen LogP contribution in [-0.2, 0) is 9.59 Å². The quantitative estimate of drug-likeness (QED) is 0.643. The van der Waals surface area contributed by atoms with Gasteiger partial charge in [0.1, 0.15) is 17.2 Å². The van der Waals surface area contributed by atoms with Gasteiger partial charge in [0.2, 0.25) is 0 Å². The zero-order chi connectivity index (χ0) is 20.1. The van der Waals surface area contributed by atoms with E-state index in [-0.39, 0.29) is 24.7 Å². The van der Waals surface area contributed by atoms with Crippen molar-refractivity contribution < 1.29 is 24.5 Å². The van der Waals surface area contributed by atoms with Gasteiger partial charge in [-0.15, -0.1) is 0 Å². The molecule has 1 aliphatic rings. The minimum Gasteiger partial charge on any atom is -0.506 e. The molecule has 144 valence electrons. The molecule has 0 bridgehead atoms. The van der Waals surface area contributed by atoms with E-state index >= 15 is 0 Å². The Morgan fingerprint density at radius 2 is 2.11 bits per heavy atom. The number of thioether (sulfide) groups is 1. The molecule has 1 heterocycles. The van der Waals surface area contributed by atoms with E-state index in [0.29, 0.717) is 21.5 Å². The van der Waals surface area contributed by atoms with Crippen LogP contribution >= 0.6 is 11.8 Å². The highest BCUT2D eigenvalue weighted by atomic mass is 32.2. The minimum atomic E-state index is -0.927. The minimum absolute atomic E-state index is 0.0472. The molecule has 1 saturated heterocycles. The molecule has 1 fully saturated rings. The van der Waals surface area contributed by atoms with E-state index < -0.39 is 5.97 Å². The van der Waals surface area contributed by atoms with Crippen LogP contribution in [0.4, 0.5) is 5.69 Å². The summed E-state index contributed by atoms with van der Waals surface area (Å²) in [6, 6.07) is 12.1. The molecule has 0 atom stereocenters. The molecule has 0 aromatic heterocycles. The molecule has 1 amide bonds. The molecule has 3 N–H and O–H groups in total. The molecule has 7 nitrogen and oxygen atoms in total. The van der Waals surface area contributed by atoms with Crippen LogP contribution in [0.2, 0.25) is 0 Å². The summed E-state index contributed by atoms with van der Waals surface area (Å²) in [5, 5.41) is 21.7. The first-order valence-corrected chi connectivity index (χ1v) is 9.26. The number of carbonyl (C=O) groups excluding carboxylic acids is 1. The van der Waals surface area contributed by atoms with Gasteiger partial charge in [-0.25, -0.2) is 4.99 Å². The van der Waals surface area contributed by atoms with Crippen molar-refractivity contribution in [2.45, 2.75) is 13.3 Å². The topological polar surface area (TPSA) is 108 Å². The Morgan fingerprint density at radius 3 is 2.86 bits per heavy atom. The predicted octanol–water partition coefficient (Wildman–Crippen LogP) is 3.45. The zero-order valence-corrected chi connectivity index (χ0v) is 15.8. The molecule has 0 spiro atoms. The van der Waals surface area contributed by atoms with Crippen molar-refractivity contribution in [1.82, 2.24) is 5.32 Å². The van der Waals surface area contributed by atoms with Gasteiger partial charge in [-0.05, 0) is 60.2 Å². The van der Waals surface area contributed by atoms with Crippen molar-refractivity contribution in [3.05, 3.63) is 58.5 Å². The van der Waals surface area contributed by atoms with Crippen LogP contribution in [0, 0.1) is 6.92 Å². The van der Waals surface area contributed by atoms with Gasteiger partial charge < -0.3 is 20.3 Å². The molecule has 28 heavy (non-hydrogen) atoms. The number of amides is 1. The van der Waals surface area contributed by atoms with Crippen molar-refractivity contribution in [1.29, 1.82) is 0 Å². The van der Waals surface area contributed by atoms with Gasteiger partial charge in [-0.2, -0.15) is 0 Å². The normalized spacial score (nSPS) is 16.4. The fourth-order valence-corrected chi connectivity index (χ4v) is 3.25. The first-order chi connectivity index (χ1) is 13.4. The lowest BCUT2D eigenvalue weighted by molar-refractivity contribution is -0.137. The van der Waals surface area contributed by atoms with Gasteiger partial charge in [0.05, 0.1) is 17.9 Å². The third kappa shape index (κ3) is 5.14. The van der Waals surface area contributed by atoms with E-state index in [2.05, 4.69) is 10.3 Å². The van der Waals surface area contributed by atoms with Gasteiger partial charge in [0.25, 0.3) is 5.91 Å². The number of benzene rings is 2. The van der Waals surface area contributed by atoms with E-state index in [4.69, 9.17) is 9.84 Å². The van der Waals surface area contributed by atoms with E-state index in [1.807, 2.05) is 19.1 Å². The molecule has 1 aliphatic heterocycles. The Bertz CT molecular complexity index is 984. The molecule has 2 aromatic carbocycles. The average molecular weight is 398 g/mol. The van der Waals surface area contributed by atoms with E-state index in [0.717, 1.165) is 11.1 Å². The highest BCUT2D eigenvalue weighted by Crippen LogP contribution is 2.32. The molecular formula is C20H18N2O5S. The monoisotopic (exact) mass is 398 g/mol. The number of aryl methyl sites for hydroxylation is 1. The molecule has 0 radical (unpaired) electrons. The number of nitrogens with one attached hydrogen (secondary N) is 1. The Labute approximate surface area is 165 Å². The number of carboxylic acids is 1. The smallest absolute Gasteiger partial charge is 0.306 e.